The van der Waals surface area contributed by atoms with E-state index in [1.165, 1.54) is 63.8 Å². The predicted octanol–water partition coefficient (Wildman–Crippen LogP) is 11.4. The van der Waals surface area contributed by atoms with Gasteiger partial charge >= 0.3 is 0 Å². The standard InChI is InChI=1S/C13H24O2.C10H12S.C8H11N3O.2C4H10.C2H7N.CH4S/c1-4-6-10(2)15-9-12-7-5-8-13(12)11(3)14;1-9(11)7-8-10-5-3-2-4-6-10;1-5-6(2)9-4-10-8(5)11-7(3)12;2*1-3-4-2;1-2-3;1-2/h10,12-13H,4-9H2,1-3H3;2-9,11H,1H3;4H,1-3H3,(H,9,10,11,12);2*3-4H2,1-2H3;2-3H2,1H3;2H,1H3/b;8-7+;;;;;/t10?,12?,13-;9-;;;;;/m00...../s1. The molecule has 4 atom stereocenters. The van der Waals surface area contributed by atoms with Crippen molar-refractivity contribution in [1.82, 2.24) is 9.97 Å². The first kappa shape index (κ1) is 55.6. The van der Waals surface area contributed by atoms with Crippen molar-refractivity contribution in [3.8, 4) is 0 Å². The maximum Gasteiger partial charge on any atom is 0.222 e. The Bertz CT molecular complexity index is 1080. The van der Waals surface area contributed by atoms with Crippen LogP contribution in [0.1, 0.15) is 144 Å². The summed E-state index contributed by atoms with van der Waals surface area (Å²) in [5.41, 5.74) is 7.87. The van der Waals surface area contributed by atoms with E-state index in [0.29, 0.717) is 28.9 Å². The largest absolute Gasteiger partial charge is 0.378 e. The number of carbonyl (C=O) groups is 2. The third-order valence-electron chi connectivity index (χ3n) is 7.47. The Morgan fingerprint density at radius 3 is 1.88 bits per heavy atom. The van der Waals surface area contributed by atoms with Crippen LogP contribution in [0.3, 0.4) is 0 Å². The monoisotopic (exact) mass is 751 g/mol. The fraction of sp³-hybridized carbons (Fsp3) is 0.667. The molecule has 1 heterocycles. The van der Waals surface area contributed by atoms with Gasteiger partial charge in [-0.3, -0.25) is 9.59 Å². The third kappa shape index (κ3) is 36.0. The van der Waals surface area contributed by atoms with E-state index >= 15 is 0 Å². The molecule has 2 unspecified atom stereocenters. The van der Waals surface area contributed by atoms with Gasteiger partial charge in [0.1, 0.15) is 17.9 Å². The van der Waals surface area contributed by atoms with Gasteiger partial charge in [-0.05, 0) is 78.2 Å². The van der Waals surface area contributed by atoms with Crippen LogP contribution in [0.25, 0.3) is 6.08 Å². The molecule has 0 radical (unpaired) electrons. The van der Waals surface area contributed by atoms with Crippen LogP contribution < -0.4 is 11.1 Å². The van der Waals surface area contributed by atoms with E-state index < -0.39 is 0 Å². The minimum atomic E-state index is -0.115. The number of hydrogen-bond acceptors (Lipinski definition) is 8. The van der Waals surface area contributed by atoms with Crippen molar-refractivity contribution < 1.29 is 14.3 Å². The topological polar surface area (TPSA) is 107 Å². The van der Waals surface area contributed by atoms with Gasteiger partial charge in [-0.15, -0.1) is 0 Å². The molecular weight excluding hydrogens is 673 g/mol. The Morgan fingerprint density at radius 2 is 1.45 bits per heavy atom. The summed E-state index contributed by atoms with van der Waals surface area (Å²) in [6.45, 7) is 25.4. The second-order valence-electron chi connectivity index (χ2n) is 12.4. The molecule has 3 rings (SSSR count). The SMILES string of the molecule is CC(=O)Nc1ncnc(C)c1C.CCCC.CCCC.CCCC(C)OCC1CCC[C@H]1C(C)=O.CCN.CS.C[C@H](S)/C=C/c1ccccc1. The van der Waals surface area contributed by atoms with Crippen LogP contribution in [0.5, 0.6) is 0 Å². The zero-order valence-corrected chi connectivity index (χ0v) is 36.6. The molecule has 296 valence electrons. The molecule has 51 heavy (non-hydrogen) atoms. The van der Waals surface area contributed by atoms with Crippen LogP contribution in [-0.4, -0.2) is 52.4 Å². The lowest BCUT2D eigenvalue weighted by Gasteiger charge is -2.20. The number of ether oxygens (including phenoxy) is 1. The maximum atomic E-state index is 11.4. The quantitative estimate of drug-likeness (QED) is 0.170. The van der Waals surface area contributed by atoms with Gasteiger partial charge in [0.15, 0.2) is 0 Å². The van der Waals surface area contributed by atoms with Crippen molar-refractivity contribution in [2.24, 2.45) is 17.6 Å². The molecule has 1 amide bonds. The molecule has 2 aromatic rings. The molecule has 0 aliphatic heterocycles. The fourth-order valence-electron chi connectivity index (χ4n) is 4.19. The first-order valence-corrected chi connectivity index (χ1v) is 20.4. The highest BCUT2D eigenvalue weighted by Crippen LogP contribution is 2.32. The molecular formula is C42H78N4O3S2. The Kier molecular flexibility index (Phi) is 44.2. The number of nitrogens with zero attached hydrogens (tertiary/aromatic N) is 2. The highest BCUT2D eigenvalue weighted by molar-refractivity contribution is 7.81. The molecule has 1 aromatic carbocycles. The number of Topliss-reactive ketones (excluding diaryl/α,β-unsaturated/α-hetero) is 1. The lowest BCUT2D eigenvalue weighted by molar-refractivity contribution is -0.122. The van der Waals surface area contributed by atoms with Crippen LogP contribution in [0.4, 0.5) is 5.82 Å². The Morgan fingerprint density at radius 1 is 0.922 bits per heavy atom. The molecule has 3 N–H and O–H groups in total. The lowest BCUT2D eigenvalue weighted by atomic mass is 9.93. The normalized spacial score (nSPS) is 15.1. The predicted molar refractivity (Wildman–Crippen MR) is 232 cm³/mol. The summed E-state index contributed by atoms with van der Waals surface area (Å²) in [4.78, 5) is 30.0. The number of anilines is 1. The molecule has 7 nitrogen and oxygen atoms in total. The molecule has 1 aliphatic carbocycles. The van der Waals surface area contributed by atoms with E-state index in [1.807, 2.05) is 45.9 Å². The zero-order chi connectivity index (χ0) is 40.0. The average molecular weight is 751 g/mol. The average Bonchev–Trinajstić information content (AvgIpc) is 3.60. The van der Waals surface area contributed by atoms with E-state index in [1.54, 1.807) is 13.2 Å². The van der Waals surface area contributed by atoms with Crippen molar-refractivity contribution in [3.05, 3.63) is 59.6 Å². The third-order valence-corrected chi connectivity index (χ3v) is 7.64. The van der Waals surface area contributed by atoms with Gasteiger partial charge in [0.05, 0.1) is 12.7 Å². The summed E-state index contributed by atoms with van der Waals surface area (Å²) >= 11 is 7.77. The van der Waals surface area contributed by atoms with Gasteiger partial charge in [0, 0.05) is 29.3 Å². The number of aryl methyl sites for hydroxylation is 1. The van der Waals surface area contributed by atoms with Crippen molar-refractivity contribution in [1.29, 1.82) is 0 Å². The number of carbonyl (C=O) groups excluding carboxylic acids is 2. The number of rotatable bonds is 11. The first-order chi connectivity index (χ1) is 24.3. The van der Waals surface area contributed by atoms with Crippen LogP contribution in [0.15, 0.2) is 42.7 Å². The van der Waals surface area contributed by atoms with Crippen molar-refractivity contribution >= 4 is 48.8 Å². The highest BCUT2D eigenvalue weighted by Gasteiger charge is 2.30. The van der Waals surface area contributed by atoms with E-state index in [-0.39, 0.29) is 11.8 Å². The zero-order valence-electron chi connectivity index (χ0n) is 34.8. The van der Waals surface area contributed by atoms with Crippen molar-refractivity contribution in [2.45, 2.75) is 152 Å². The second-order valence-corrected chi connectivity index (χ2v) is 13.2. The van der Waals surface area contributed by atoms with Gasteiger partial charge in [0.25, 0.3) is 0 Å². The van der Waals surface area contributed by atoms with Crippen LogP contribution in [0, 0.1) is 25.7 Å². The summed E-state index contributed by atoms with van der Waals surface area (Å²) in [6, 6.07) is 10.2. The number of hydrogen-bond donors (Lipinski definition) is 4. The van der Waals surface area contributed by atoms with Crippen molar-refractivity contribution in [3.63, 3.8) is 0 Å². The number of nitrogens with one attached hydrogen (secondary N) is 1. The summed E-state index contributed by atoms with van der Waals surface area (Å²) in [7, 11) is 0. The van der Waals surface area contributed by atoms with Crippen LogP contribution >= 0.6 is 25.3 Å². The number of thiol groups is 2. The van der Waals surface area contributed by atoms with Gasteiger partial charge in [-0.25, -0.2) is 9.97 Å². The molecule has 9 heteroatoms. The number of amides is 1. The molecule has 1 aromatic heterocycles. The minimum absolute atomic E-state index is 0.115. The van der Waals surface area contributed by atoms with Crippen LogP contribution in [0.2, 0.25) is 0 Å². The Hall–Kier alpha value is -2.20. The van der Waals surface area contributed by atoms with Gasteiger partial charge in [-0.2, -0.15) is 25.3 Å². The van der Waals surface area contributed by atoms with Gasteiger partial charge in [0.2, 0.25) is 5.91 Å². The number of ketones is 1. The lowest BCUT2D eigenvalue weighted by Crippen LogP contribution is -2.23. The van der Waals surface area contributed by atoms with Crippen LogP contribution in [-0.2, 0) is 14.3 Å². The Balaban J connectivity index is -0.000000279. The summed E-state index contributed by atoms with van der Waals surface area (Å²) in [5.74, 6) is 1.59. The number of benzene rings is 1. The number of nitrogens with two attached hydrogens (primary N) is 1. The first-order valence-electron chi connectivity index (χ1n) is 19.0. The smallest absolute Gasteiger partial charge is 0.222 e. The van der Waals surface area contributed by atoms with E-state index in [0.717, 1.165) is 37.3 Å². The van der Waals surface area contributed by atoms with Gasteiger partial charge < -0.3 is 15.8 Å². The number of unbranched alkanes of at least 4 members (excludes halogenated alkanes) is 2. The second kappa shape index (κ2) is 40.6. The van der Waals surface area contributed by atoms with E-state index in [4.69, 9.17) is 10.5 Å². The maximum absolute atomic E-state index is 11.4. The molecule has 0 bridgehead atoms. The molecule has 1 aliphatic rings. The Labute approximate surface area is 326 Å². The summed E-state index contributed by atoms with van der Waals surface area (Å²) < 4.78 is 5.79. The summed E-state index contributed by atoms with van der Waals surface area (Å²) in [6.07, 6.45) is 18.6. The van der Waals surface area contributed by atoms with Crippen molar-refractivity contribution in [2.75, 3.05) is 24.7 Å². The fourth-order valence-corrected chi connectivity index (χ4v) is 4.28. The van der Waals surface area contributed by atoms with E-state index in [2.05, 4.69) is 106 Å². The molecule has 1 saturated carbocycles. The molecule has 0 saturated heterocycles. The minimum Gasteiger partial charge on any atom is -0.378 e. The summed E-state index contributed by atoms with van der Waals surface area (Å²) in [5, 5.41) is 2.95. The van der Waals surface area contributed by atoms with Gasteiger partial charge in [-0.1, -0.05) is 123 Å². The number of aromatic nitrogens is 2. The molecule has 0 spiro atoms. The van der Waals surface area contributed by atoms with E-state index in [9.17, 15) is 9.59 Å². The highest BCUT2D eigenvalue weighted by atomic mass is 32.1. The molecule has 1 fully saturated rings.